The van der Waals surface area contributed by atoms with Gasteiger partial charge >= 0.3 is 0 Å². The summed E-state index contributed by atoms with van der Waals surface area (Å²) in [5.74, 6) is 0. The van der Waals surface area contributed by atoms with Crippen LogP contribution in [0, 0.1) is 0 Å². The molecule has 55 heavy (non-hydrogen) atoms. The van der Waals surface area contributed by atoms with E-state index in [0.29, 0.717) is 0 Å². The van der Waals surface area contributed by atoms with Gasteiger partial charge < -0.3 is 9.32 Å². The Morgan fingerprint density at radius 1 is 0.345 bits per heavy atom. The Kier molecular flexibility index (Phi) is 7.39. The molecule has 3 heteroatoms. The zero-order valence-corrected chi connectivity index (χ0v) is 30.6. The molecule has 0 aliphatic carbocycles. The van der Waals surface area contributed by atoms with E-state index in [0.717, 1.165) is 55.7 Å². The Bertz CT molecular complexity index is 3200. The molecule has 0 radical (unpaired) electrons. The second kappa shape index (κ2) is 12.9. The zero-order chi connectivity index (χ0) is 36.3. The van der Waals surface area contributed by atoms with Gasteiger partial charge in [0.2, 0.25) is 0 Å². The fourth-order valence-electron chi connectivity index (χ4n) is 8.25. The summed E-state index contributed by atoms with van der Waals surface area (Å²) in [6.45, 7) is 0. The highest BCUT2D eigenvalue weighted by molar-refractivity contribution is 7.25. The van der Waals surface area contributed by atoms with Crippen molar-refractivity contribution < 1.29 is 4.42 Å². The molecule has 11 aromatic rings. The molecule has 2 aromatic heterocycles. The number of benzene rings is 9. The normalized spacial score (nSPS) is 11.6. The lowest BCUT2D eigenvalue weighted by Crippen LogP contribution is -2.10. The molecule has 2 heterocycles. The molecule has 0 aliphatic heterocycles. The van der Waals surface area contributed by atoms with E-state index in [1.807, 2.05) is 11.3 Å². The molecular weight excluding hydrogens is 687 g/mol. The fourth-order valence-corrected chi connectivity index (χ4v) is 9.34. The maximum Gasteiger partial charge on any atom is 0.159 e. The summed E-state index contributed by atoms with van der Waals surface area (Å²) < 4.78 is 9.61. The molecular formula is C52H33NOS. The fraction of sp³-hybridized carbons (Fsp3) is 0. The highest BCUT2D eigenvalue weighted by Crippen LogP contribution is 2.45. The Labute approximate surface area is 322 Å². The number of rotatable bonds is 6. The first-order valence-corrected chi connectivity index (χ1v) is 19.5. The van der Waals surface area contributed by atoms with Gasteiger partial charge in [0.05, 0.1) is 5.69 Å². The maximum absolute atomic E-state index is 6.99. The number of anilines is 3. The topological polar surface area (TPSA) is 16.4 Å². The second-order valence-corrected chi connectivity index (χ2v) is 15.2. The Hall–Kier alpha value is -6.94. The monoisotopic (exact) mass is 719 g/mol. The van der Waals surface area contributed by atoms with Gasteiger partial charge in [0.25, 0.3) is 0 Å². The first-order valence-electron chi connectivity index (χ1n) is 18.7. The predicted octanol–water partition coefficient (Wildman–Crippen LogP) is 15.6. The van der Waals surface area contributed by atoms with Crippen molar-refractivity contribution in [2.75, 3.05) is 4.90 Å². The average Bonchev–Trinajstić information content (AvgIpc) is 3.83. The molecule has 0 N–H and O–H groups in total. The number of hydrogen-bond donors (Lipinski definition) is 0. The third kappa shape index (κ3) is 5.32. The lowest BCUT2D eigenvalue weighted by molar-refractivity contribution is 0.670. The molecule has 0 atom stereocenters. The second-order valence-electron chi connectivity index (χ2n) is 14.1. The van der Waals surface area contributed by atoms with Gasteiger partial charge in [-0.05, 0) is 87.1 Å². The molecule has 0 aliphatic rings. The minimum atomic E-state index is 0.857. The number of furan rings is 1. The third-order valence-corrected chi connectivity index (χ3v) is 12.0. The van der Waals surface area contributed by atoms with E-state index in [4.69, 9.17) is 4.42 Å². The van der Waals surface area contributed by atoms with Crippen LogP contribution in [0.2, 0.25) is 0 Å². The lowest BCUT2D eigenvalue weighted by Gasteiger charge is -2.26. The maximum atomic E-state index is 6.99. The molecule has 0 saturated carbocycles. The highest BCUT2D eigenvalue weighted by Gasteiger charge is 2.21. The van der Waals surface area contributed by atoms with Gasteiger partial charge in [-0.15, -0.1) is 11.3 Å². The Morgan fingerprint density at radius 2 is 0.945 bits per heavy atom. The molecule has 0 unspecified atom stereocenters. The summed E-state index contributed by atoms with van der Waals surface area (Å²) in [5.41, 5.74) is 11.8. The molecule has 258 valence electrons. The van der Waals surface area contributed by atoms with E-state index in [-0.39, 0.29) is 0 Å². The molecule has 0 bridgehead atoms. The number of para-hydroxylation sites is 2. The summed E-state index contributed by atoms with van der Waals surface area (Å²) >= 11 is 1.85. The molecule has 0 saturated heterocycles. The van der Waals surface area contributed by atoms with Gasteiger partial charge in [0, 0.05) is 47.9 Å². The quantitative estimate of drug-likeness (QED) is 0.170. The van der Waals surface area contributed by atoms with E-state index in [9.17, 15) is 0 Å². The van der Waals surface area contributed by atoms with Gasteiger partial charge in [0.15, 0.2) is 5.58 Å². The van der Waals surface area contributed by atoms with Crippen LogP contribution in [0.25, 0.3) is 86.3 Å². The molecule has 11 rings (SSSR count). The predicted molar refractivity (Wildman–Crippen MR) is 235 cm³/mol. The molecule has 0 fully saturated rings. The smallest absolute Gasteiger partial charge is 0.159 e. The van der Waals surface area contributed by atoms with E-state index in [1.165, 1.54) is 47.6 Å². The van der Waals surface area contributed by atoms with Crippen LogP contribution in [0.3, 0.4) is 0 Å². The van der Waals surface area contributed by atoms with E-state index < -0.39 is 0 Å². The zero-order valence-electron chi connectivity index (χ0n) is 29.8. The summed E-state index contributed by atoms with van der Waals surface area (Å²) in [5, 5.41) is 7.29. The van der Waals surface area contributed by atoms with Crippen LogP contribution in [-0.4, -0.2) is 0 Å². The lowest BCUT2D eigenvalue weighted by atomic mass is 9.98. The van der Waals surface area contributed by atoms with Crippen molar-refractivity contribution in [2.45, 2.75) is 0 Å². The van der Waals surface area contributed by atoms with Crippen molar-refractivity contribution in [1.29, 1.82) is 0 Å². The Morgan fingerprint density at radius 3 is 1.84 bits per heavy atom. The number of nitrogens with zero attached hydrogens (tertiary/aromatic N) is 1. The molecule has 0 amide bonds. The standard InChI is InChI=1S/C52H33NOS/c1-2-12-35(13-3-1)43-21-10-22-45-46-23-11-24-48(52(46)54-51(43)45)53(39-29-26-36(27-30-39)42-20-9-15-34-14-4-5-18-41(34)42)40-17-8-16-37(32-40)38-28-31-50-47(33-38)44-19-6-7-25-49(44)55-50/h1-33H. The number of thiophene rings is 1. The minimum Gasteiger partial charge on any atom is -0.453 e. The Balaban J connectivity index is 1.10. The molecule has 2 nitrogen and oxygen atoms in total. The van der Waals surface area contributed by atoms with Crippen LogP contribution in [0.5, 0.6) is 0 Å². The summed E-state index contributed by atoms with van der Waals surface area (Å²) in [4.78, 5) is 2.35. The van der Waals surface area contributed by atoms with Crippen LogP contribution >= 0.6 is 11.3 Å². The first-order chi connectivity index (χ1) is 27.3. The SMILES string of the molecule is c1ccc(-c2cccc3c2oc2c(N(c4ccc(-c5cccc6ccccc56)cc4)c4cccc(-c5ccc6sc7ccccc7c6c5)c4)cccc23)cc1. The van der Waals surface area contributed by atoms with Crippen molar-refractivity contribution in [3.8, 4) is 33.4 Å². The van der Waals surface area contributed by atoms with E-state index in [2.05, 4.69) is 205 Å². The van der Waals surface area contributed by atoms with Crippen LogP contribution < -0.4 is 4.90 Å². The van der Waals surface area contributed by atoms with Crippen LogP contribution in [0.15, 0.2) is 205 Å². The van der Waals surface area contributed by atoms with Crippen LogP contribution in [-0.2, 0) is 0 Å². The van der Waals surface area contributed by atoms with Gasteiger partial charge in [-0.3, -0.25) is 0 Å². The highest BCUT2D eigenvalue weighted by atomic mass is 32.1. The van der Waals surface area contributed by atoms with E-state index in [1.54, 1.807) is 0 Å². The van der Waals surface area contributed by atoms with Crippen molar-refractivity contribution in [1.82, 2.24) is 0 Å². The van der Waals surface area contributed by atoms with Gasteiger partial charge in [-0.2, -0.15) is 0 Å². The largest absolute Gasteiger partial charge is 0.453 e. The summed E-state index contributed by atoms with van der Waals surface area (Å²) in [6, 6.07) is 72.1. The van der Waals surface area contributed by atoms with Crippen molar-refractivity contribution >= 4 is 81.3 Å². The van der Waals surface area contributed by atoms with Gasteiger partial charge in [0.1, 0.15) is 5.58 Å². The molecule has 9 aromatic carbocycles. The third-order valence-electron chi connectivity index (χ3n) is 10.9. The van der Waals surface area contributed by atoms with Crippen LogP contribution in [0.1, 0.15) is 0 Å². The number of hydrogen-bond acceptors (Lipinski definition) is 3. The van der Waals surface area contributed by atoms with Crippen molar-refractivity contribution in [2.24, 2.45) is 0 Å². The van der Waals surface area contributed by atoms with Gasteiger partial charge in [-0.25, -0.2) is 0 Å². The van der Waals surface area contributed by atoms with Crippen molar-refractivity contribution in [3.05, 3.63) is 200 Å². The summed E-state index contributed by atoms with van der Waals surface area (Å²) in [7, 11) is 0. The number of fused-ring (bicyclic) bond motifs is 7. The van der Waals surface area contributed by atoms with E-state index >= 15 is 0 Å². The average molecular weight is 720 g/mol. The summed E-state index contributed by atoms with van der Waals surface area (Å²) in [6.07, 6.45) is 0. The van der Waals surface area contributed by atoms with Gasteiger partial charge in [-0.1, -0.05) is 152 Å². The minimum absolute atomic E-state index is 0.857. The first kappa shape index (κ1) is 31.6. The van der Waals surface area contributed by atoms with Crippen molar-refractivity contribution in [3.63, 3.8) is 0 Å². The van der Waals surface area contributed by atoms with Crippen LogP contribution in [0.4, 0.5) is 17.1 Å². The molecule has 0 spiro atoms.